The molecule has 7 heteroatoms. The molecule has 1 aliphatic heterocycles. The number of rotatable bonds is 2. The van der Waals surface area contributed by atoms with Gasteiger partial charge in [-0.2, -0.15) is 5.26 Å². The van der Waals surface area contributed by atoms with Crippen LogP contribution in [-0.2, 0) is 4.74 Å². The molecule has 2 aromatic heterocycles. The molecule has 1 saturated heterocycles. The van der Waals surface area contributed by atoms with Gasteiger partial charge in [-0.15, -0.1) is 0 Å². The largest absolute Gasteiger partial charge is 0.444 e. The third kappa shape index (κ3) is 3.97. The number of ether oxygens (including phenoxy) is 1. The van der Waals surface area contributed by atoms with Crippen LogP contribution in [0.2, 0.25) is 0 Å². The number of carbonyl (C=O) groups excluding carboxylic acids is 1. The topological polar surface area (TPSA) is 91.1 Å². The molecule has 25 heavy (non-hydrogen) atoms. The first-order valence-corrected chi connectivity index (χ1v) is 8.26. The van der Waals surface area contributed by atoms with Crippen LogP contribution in [0.3, 0.4) is 0 Å². The van der Waals surface area contributed by atoms with Gasteiger partial charge < -0.3 is 15.0 Å². The molecule has 1 aliphatic rings. The number of hydrogen-bond donors (Lipinski definition) is 1. The summed E-state index contributed by atoms with van der Waals surface area (Å²) in [5.74, 6) is 0.575. The van der Waals surface area contributed by atoms with Crippen LogP contribution in [0, 0.1) is 11.3 Å². The van der Waals surface area contributed by atoms with Crippen LogP contribution in [-0.4, -0.2) is 45.7 Å². The standard InChI is InChI=1S/C18H21N5O2/c1-18(2,3)25-17(24)23-8-6-13(11-23)21-16-15-12(5-4-7-20-15)9-14(10-19)22-16/h4-5,7,9,13H,6,8,11H2,1-3H3,(H,21,22). The van der Waals surface area contributed by atoms with Gasteiger partial charge in [-0.25, -0.2) is 9.78 Å². The van der Waals surface area contributed by atoms with Crippen LogP contribution in [0.1, 0.15) is 32.9 Å². The van der Waals surface area contributed by atoms with Crippen LogP contribution < -0.4 is 5.32 Å². The van der Waals surface area contributed by atoms with Crippen molar-refractivity contribution in [2.75, 3.05) is 18.4 Å². The summed E-state index contributed by atoms with van der Waals surface area (Å²) in [6, 6.07) is 7.56. The number of aromatic nitrogens is 2. The maximum atomic E-state index is 12.2. The summed E-state index contributed by atoms with van der Waals surface area (Å²) in [5, 5.41) is 13.4. The Kier molecular flexibility index (Phi) is 4.45. The Morgan fingerprint density at radius 3 is 3.00 bits per heavy atom. The number of anilines is 1. The van der Waals surface area contributed by atoms with Crippen LogP contribution in [0.25, 0.3) is 10.9 Å². The van der Waals surface area contributed by atoms with E-state index in [4.69, 9.17) is 4.74 Å². The first kappa shape index (κ1) is 17.0. The zero-order valence-corrected chi connectivity index (χ0v) is 14.6. The fourth-order valence-electron chi connectivity index (χ4n) is 2.81. The van der Waals surface area contributed by atoms with Crippen molar-refractivity contribution in [3.63, 3.8) is 0 Å². The Hall–Kier alpha value is -2.88. The van der Waals surface area contributed by atoms with Crippen LogP contribution in [0.4, 0.5) is 10.6 Å². The Bertz CT molecular complexity index is 837. The van der Waals surface area contributed by atoms with Gasteiger partial charge in [0.25, 0.3) is 0 Å². The van der Waals surface area contributed by atoms with E-state index in [0.29, 0.717) is 24.6 Å². The monoisotopic (exact) mass is 339 g/mol. The fourth-order valence-corrected chi connectivity index (χ4v) is 2.81. The van der Waals surface area contributed by atoms with Crippen LogP contribution in [0.5, 0.6) is 0 Å². The summed E-state index contributed by atoms with van der Waals surface area (Å²) >= 11 is 0. The molecule has 2 aromatic rings. The third-order valence-corrected chi connectivity index (χ3v) is 3.88. The Morgan fingerprint density at radius 1 is 1.48 bits per heavy atom. The molecule has 0 aromatic carbocycles. The Morgan fingerprint density at radius 2 is 2.28 bits per heavy atom. The second-order valence-electron chi connectivity index (χ2n) is 7.10. The highest BCUT2D eigenvalue weighted by molar-refractivity contribution is 5.89. The average molecular weight is 339 g/mol. The minimum absolute atomic E-state index is 0.0409. The van der Waals surface area contributed by atoms with Gasteiger partial charge in [0.2, 0.25) is 0 Å². The van der Waals surface area contributed by atoms with Crippen molar-refractivity contribution >= 4 is 22.8 Å². The van der Waals surface area contributed by atoms with Crippen molar-refractivity contribution < 1.29 is 9.53 Å². The SMILES string of the molecule is CC(C)(C)OC(=O)N1CCC(Nc2nc(C#N)cc3cccnc23)C1. The molecular formula is C18H21N5O2. The quantitative estimate of drug-likeness (QED) is 0.904. The number of nitrogens with zero attached hydrogens (tertiary/aromatic N) is 4. The fraction of sp³-hybridized carbons (Fsp3) is 0.444. The third-order valence-electron chi connectivity index (χ3n) is 3.88. The highest BCUT2D eigenvalue weighted by Crippen LogP contribution is 2.23. The van der Waals surface area contributed by atoms with E-state index in [2.05, 4.69) is 21.4 Å². The minimum atomic E-state index is -0.509. The second kappa shape index (κ2) is 6.55. The maximum Gasteiger partial charge on any atom is 0.410 e. The van der Waals surface area contributed by atoms with Gasteiger partial charge in [0, 0.05) is 30.7 Å². The van der Waals surface area contributed by atoms with E-state index in [9.17, 15) is 10.1 Å². The van der Waals surface area contributed by atoms with E-state index >= 15 is 0 Å². The smallest absolute Gasteiger partial charge is 0.410 e. The molecule has 1 N–H and O–H groups in total. The van der Waals surface area contributed by atoms with Gasteiger partial charge in [-0.1, -0.05) is 6.07 Å². The maximum absolute atomic E-state index is 12.2. The van der Waals surface area contributed by atoms with E-state index < -0.39 is 5.60 Å². The van der Waals surface area contributed by atoms with Gasteiger partial charge in [0.05, 0.1) is 0 Å². The number of nitrogens with one attached hydrogen (secondary N) is 1. The molecule has 1 amide bonds. The van der Waals surface area contributed by atoms with Crippen molar-refractivity contribution in [3.8, 4) is 6.07 Å². The van der Waals surface area contributed by atoms with Crippen molar-refractivity contribution in [3.05, 3.63) is 30.1 Å². The van der Waals surface area contributed by atoms with E-state index in [1.807, 2.05) is 32.9 Å². The van der Waals surface area contributed by atoms with Gasteiger partial charge in [0.15, 0.2) is 5.82 Å². The summed E-state index contributed by atoms with van der Waals surface area (Å²) < 4.78 is 5.42. The van der Waals surface area contributed by atoms with E-state index in [-0.39, 0.29) is 12.1 Å². The lowest BCUT2D eigenvalue weighted by Gasteiger charge is -2.24. The highest BCUT2D eigenvalue weighted by Gasteiger charge is 2.30. The van der Waals surface area contributed by atoms with E-state index in [1.54, 1.807) is 17.2 Å². The first-order chi connectivity index (χ1) is 11.9. The molecule has 3 rings (SSSR count). The summed E-state index contributed by atoms with van der Waals surface area (Å²) in [5.41, 5.74) is 0.549. The molecule has 1 atom stereocenters. The molecule has 130 valence electrons. The highest BCUT2D eigenvalue weighted by atomic mass is 16.6. The number of amides is 1. The van der Waals surface area contributed by atoms with Crippen molar-refractivity contribution in [1.82, 2.24) is 14.9 Å². The number of pyridine rings is 2. The summed E-state index contributed by atoms with van der Waals surface area (Å²) in [7, 11) is 0. The van der Waals surface area contributed by atoms with Gasteiger partial charge in [0.1, 0.15) is 22.9 Å². The van der Waals surface area contributed by atoms with E-state index in [1.165, 1.54) is 0 Å². The zero-order valence-electron chi connectivity index (χ0n) is 14.6. The number of likely N-dealkylation sites (tertiary alicyclic amines) is 1. The molecular weight excluding hydrogens is 318 g/mol. The summed E-state index contributed by atoms with van der Waals surface area (Å²) in [6.45, 7) is 6.71. The average Bonchev–Trinajstić information content (AvgIpc) is 3.02. The summed E-state index contributed by atoms with van der Waals surface area (Å²) in [4.78, 5) is 22.6. The Balaban J connectivity index is 1.75. The normalized spacial score (nSPS) is 17.4. The minimum Gasteiger partial charge on any atom is -0.444 e. The molecule has 0 radical (unpaired) electrons. The first-order valence-electron chi connectivity index (χ1n) is 8.26. The Labute approximate surface area is 146 Å². The molecule has 3 heterocycles. The van der Waals surface area contributed by atoms with Crippen LogP contribution in [0.15, 0.2) is 24.4 Å². The van der Waals surface area contributed by atoms with Crippen molar-refractivity contribution in [1.29, 1.82) is 5.26 Å². The molecule has 0 bridgehead atoms. The molecule has 0 aliphatic carbocycles. The summed E-state index contributed by atoms with van der Waals surface area (Å²) in [6.07, 6.45) is 2.17. The van der Waals surface area contributed by atoms with Crippen LogP contribution >= 0.6 is 0 Å². The predicted octanol–water partition coefficient (Wildman–Crippen LogP) is 2.92. The lowest BCUT2D eigenvalue weighted by atomic mass is 10.2. The molecule has 7 nitrogen and oxygen atoms in total. The number of carbonyl (C=O) groups is 1. The van der Waals surface area contributed by atoms with Gasteiger partial charge in [-0.3, -0.25) is 4.98 Å². The molecule has 1 fully saturated rings. The van der Waals surface area contributed by atoms with Gasteiger partial charge >= 0.3 is 6.09 Å². The zero-order chi connectivity index (χ0) is 18.0. The molecule has 0 saturated carbocycles. The predicted molar refractivity (Wildman–Crippen MR) is 94.1 cm³/mol. The number of nitriles is 1. The number of fused-ring (bicyclic) bond motifs is 1. The van der Waals surface area contributed by atoms with E-state index in [0.717, 1.165) is 17.3 Å². The van der Waals surface area contributed by atoms with Gasteiger partial charge in [-0.05, 0) is 39.3 Å². The molecule has 0 spiro atoms. The second-order valence-corrected chi connectivity index (χ2v) is 7.10. The van der Waals surface area contributed by atoms with Crippen molar-refractivity contribution in [2.24, 2.45) is 0 Å². The van der Waals surface area contributed by atoms with Crippen molar-refractivity contribution in [2.45, 2.75) is 38.8 Å². The lowest BCUT2D eigenvalue weighted by molar-refractivity contribution is 0.0293. The lowest BCUT2D eigenvalue weighted by Crippen LogP contribution is -2.36. The number of hydrogen-bond acceptors (Lipinski definition) is 6. The molecule has 1 unspecified atom stereocenters.